The van der Waals surface area contributed by atoms with Crippen molar-refractivity contribution in [2.24, 2.45) is 0 Å². The van der Waals surface area contributed by atoms with Gasteiger partial charge in [0.25, 0.3) is 0 Å². The maximum Gasteiger partial charge on any atom is 0.409 e. The summed E-state index contributed by atoms with van der Waals surface area (Å²) in [5.41, 5.74) is 4.82. The van der Waals surface area contributed by atoms with Crippen molar-refractivity contribution >= 4 is 6.09 Å². The van der Waals surface area contributed by atoms with Crippen LogP contribution in [0, 0.1) is 0 Å². The van der Waals surface area contributed by atoms with Crippen LogP contribution in [-0.4, -0.2) is 124 Å². The molecule has 0 bridgehead atoms. The Morgan fingerprint density at radius 2 is 0.865 bits per heavy atom. The molecule has 1 aliphatic carbocycles. The summed E-state index contributed by atoms with van der Waals surface area (Å²) in [6.45, 7) is 10.6. The number of ether oxygens (including phenoxy) is 8. The van der Waals surface area contributed by atoms with E-state index < -0.39 is 0 Å². The fourth-order valence-electron chi connectivity index (χ4n) is 6.11. The van der Waals surface area contributed by atoms with Crippen LogP contribution in [0.5, 0.6) is 0 Å². The van der Waals surface area contributed by atoms with Crippen molar-refractivity contribution in [3.8, 4) is 11.1 Å². The fourth-order valence-corrected chi connectivity index (χ4v) is 6.11. The topological polar surface area (TPSA) is 94.2 Å². The zero-order valence-corrected chi connectivity index (χ0v) is 32.2. The summed E-state index contributed by atoms with van der Waals surface area (Å²) >= 11 is 0. The molecule has 0 N–H and O–H groups in total. The molecule has 52 heavy (non-hydrogen) atoms. The van der Waals surface area contributed by atoms with Gasteiger partial charge in [-0.25, -0.2) is 4.79 Å². The molecule has 10 heteroatoms. The highest BCUT2D eigenvalue weighted by atomic mass is 16.6. The van der Waals surface area contributed by atoms with E-state index in [1.807, 2.05) is 24.3 Å². The smallest absolute Gasteiger partial charge is 0.409 e. The Morgan fingerprint density at radius 3 is 1.31 bits per heavy atom. The van der Waals surface area contributed by atoms with Gasteiger partial charge in [0.05, 0.1) is 85.9 Å². The molecular weight excluding hydrogens is 662 g/mol. The summed E-state index contributed by atoms with van der Waals surface area (Å²) in [6.07, 6.45) is 13.0. The number of likely N-dealkylation sites (N-methyl/N-ethyl adjacent to an activating group) is 1. The van der Waals surface area contributed by atoms with Gasteiger partial charge in [-0.2, -0.15) is 0 Å². The zero-order valence-electron chi connectivity index (χ0n) is 32.2. The SMILES string of the molecule is CCCCCCCCCCCCOCCOCCOCCOCCOCCOCCOCCN(C)C(=O)OCC1c2ccccc2-c2ccccc21. The number of hydrogen-bond acceptors (Lipinski definition) is 9. The highest BCUT2D eigenvalue weighted by Gasteiger charge is 2.29. The lowest BCUT2D eigenvalue weighted by molar-refractivity contribution is -0.0209. The molecule has 0 aromatic heterocycles. The minimum Gasteiger partial charge on any atom is -0.448 e. The number of hydrogen-bond donors (Lipinski definition) is 0. The van der Waals surface area contributed by atoms with Gasteiger partial charge in [0.1, 0.15) is 6.61 Å². The molecule has 0 atom stereocenters. The summed E-state index contributed by atoms with van der Waals surface area (Å²) in [6, 6.07) is 16.6. The molecule has 1 aliphatic rings. The number of fused-ring (bicyclic) bond motifs is 3. The molecule has 0 saturated carbocycles. The first kappa shape index (κ1) is 43.8. The van der Waals surface area contributed by atoms with E-state index in [-0.39, 0.29) is 12.0 Å². The molecule has 3 rings (SSSR count). The third-order valence-corrected chi connectivity index (χ3v) is 9.09. The summed E-state index contributed by atoms with van der Waals surface area (Å²) < 4.78 is 44.7. The van der Waals surface area contributed by atoms with E-state index in [2.05, 4.69) is 31.2 Å². The van der Waals surface area contributed by atoms with Crippen LogP contribution in [0.3, 0.4) is 0 Å². The lowest BCUT2D eigenvalue weighted by Crippen LogP contribution is -2.32. The second kappa shape index (κ2) is 29.8. The summed E-state index contributed by atoms with van der Waals surface area (Å²) in [7, 11) is 1.72. The number of nitrogens with zero attached hydrogens (tertiary/aromatic N) is 1. The molecule has 0 unspecified atom stereocenters. The normalized spacial score (nSPS) is 12.3. The average Bonchev–Trinajstić information content (AvgIpc) is 3.49. The molecule has 0 heterocycles. The molecule has 0 saturated heterocycles. The number of benzene rings is 2. The molecule has 0 aliphatic heterocycles. The van der Waals surface area contributed by atoms with Crippen molar-refractivity contribution in [2.75, 3.05) is 113 Å². The third kappa shape index (κ3) is 19.0. The van der Waals surface area contributed by atoms with E-state index >= 15 is 0 Å². The van der Waals surface area contributed by atoms with Crippen molar-refractivity contribution in [3.05, 3.63) is 59.7 Å². The summed E-state index contributed by atoms with van der Waals surface area (Å²) in [5, 5.41) is 0. The second-order valence-corrected chi connectivity index (χ2v) is 13.2. The van der Waals surface area contributed by atoms with Crippen LogP contribution >= 0.6 is 0 Å². The number of carbonyl (C=O) groups is 1. The highest BCUT2D eigenvalue weighted by Crippen LogP contribution is 2.44. The molecular formula is C42H67NO9. The first-order valence-electron chi connectivity index (χ1n) is 19.8. The third-order valence-electron chi connectivity index (χ3n) is 9.09. The van der Waals surface area contributed by atoms with E-state index in [0.717, 1.165) is 13.0 Å². The molecule has 2 aromatic carbocycles. The Kier molecular flexibility index (Phi) is 25.1. The molecule has 0 fully saturated rings. The van der Waals surface area contributed by atoms with Gasteiger partial charge in [-0.3, -0.25) is 0 Å². The van der Waals surface area contributed by atoms with Gasteiger partial charge >= 0.3 is 6.09 Å². The molecule has 10 nitrogen and oxygen atoms in total. The van der Waals surface area contributed by atoms with Crippen LogP contribution in [0.4, 0.5) is 4.79 Å². The van der Waals surface area contributed by atoms with Crippen molar-refractivity contribution in [3.63, 3.8) is 0 Å². The maximum absolute atomic E-state index is 12.6. The lowest BCUT2D eigenvalue weighted by atomic mass is 9.98. The van der Waals surface area contributed by atoms with Crippen LogP contribution in [0.1, 0.15) is 88.2 Å². The number of amides is 1. The second-order valence-electron chi connectivity index (χ2n) is 13.2. The lowest BCUT2D eigenvalue weighted by Gasteiger charge is -2.19. The molecule has 2 aromatic rings. The van der Waals surface area contributed by atoms with Gasteiger partial charge in [0.15, 0.2) is 0 Å². The summed E-state index contributed by atoms with van der Waals surface area (Å²) in [4.78, 5) is 14.2. The van der Waals surface area contributed by atoms with E-state index in [1.165, 1.54) is 80.0 Å². The van der Waals surface area contributed by atoms with Crippen molar-refractivity contribution in [1.29, 1.82) is 0 Å². The first-order valence-corrected chi connectivity index (χ1v) is 19.8. The minimum atomic E-state index is -0.355. The molecule has 294 valence electrons. The van der Waals surface area contributed by atoms with Crippen molar-refractivity contribution in [1.82, 2.24) is 4.90 Å². The van der Waals surface area contributed by atoms with Gasteiger partial charge in [-0.05, 0) is 28.7 Å². The standard InChI is InChI=1S/C42H67NO9/c1-3-4-5-6-7-8-9-10-11-16-22-45-24-26-47-28-30-49-32-34-51-35-33-50-31-29-48-27-25-46-23-21-43(2)42(44)52-36-41-39-19-14-12-17-37(39)38-18-13-15-20-40(38)41/h12-15,17-20,41H,3-11,16,21-36H2,1-2H3. The zero-order chi connectivity index (χ0) is 36.7. The molecule has 0 radical (unpaired) electrons. The van der Waals surface area contributed by atoms with Crippen LogP contribution in [-0.2, 0) is 37.9 Å². The van der Waals surface area contributed by atoms with Crippen LogP contribution in [0.2, 0.25) is 0 Å². The quantitative estimate of drug-likeness (QED) is 0.0667. The Balaban J connectivity index is 0.988. The summed E-state index contributed by atoms with van der Waals surface area (Å²) in [5.74, 6) is 0.0465. The van der Waals surface area contributed by atoms with Crippen molar-refractivity contribution < 1.29 is 42.7 Å². The minimum absolute atomic E-state index is 0.0465. The van der Waals surface area contributed by atoms with Gasteiger partial charge < -0.3 is 42.8 Å². The Hall–Kier alpha value is -2.57. The van der Waals surface area contributed by atoms with E-state index in [4.69, 9.17) is 37.9 Å². The first-order chi connectivity index (χ1) is 25.7. The van der Waals surface area contributed by atoms with E-state index in [9.17, 15) is 4.79 Å². The van der Waals surface area contributed by atoms with Crippen LogP contribution < -0.4 is 0 Å². The van der Waals surface area contributed by atoms with E-state index in [1.54, 1.807) is 11.9 Å². The predicted molar refractivity (Wildman–Crippen MR) is 205 cm³/mol. The van der Waals surface area contributed by atoms with Gasteiger partial charge in [0.2, 0.25) is 0 Å². The monoisotopic (exact) mass is 729 g/mol. The Labute approximate surface area is 313 Å². The van der Waals surface area contributed by atoms with Gasteiger partial charge in [-0.15, -0.1) is 0 Å². The number of unbranched alkanes of at least 4 members (excludes halogenated alkanes) is 9. The fraction of sp³-hybridized carbons (Fsp3) is 0.690. The van der Waals surface area contributed by atoms with Crippen molar-refractivity contribution in [2.45, 2.75) is 77.0 Å². The largest absolute Gasteiger partial charge is 0.448 e. The molecule has 1 amide bonds. The predicted octanol–water partition coefficient (Wildman–Crippen LogP) is 7.90. The Morgan fingerprint density at radius 1 is 0.500 bits per heavy atom. The van der Waals surface area contributed by atoms with E-state index in [0.29, 0.717) is 99.0 Å². The Bertz CT molecular complexity index is 1120. The maximum atomic E-state index is 12.6. The number of rotatable bonds is 34. The van der Waals surface area contributed by atoms with Gasteiger partial charge in [-0.1, -0.05) is 113 Å². The number of carbonyl (C=O) groups excluding carboxylic acids is 1. The average molecular weight is 730 g/mol. The van der Waals surface area contributed by atoms with Crippen LogP contribution in [0.15, 0.2) is 48.5 Å². The van der Waals surface area contributed by atoms with Gasteiger partial charge in [0, 0.05) is 26.1 Å². The highest BCUT2D eigenvalue weighted by molar-refractivity contribution is 5.79. The van der Waals surface area contributed by atoms with Crippen LogP contribution in [0.25, 0.3) is 11.1 Å². The molecule has 0 spiro atoms.